The molecular formula is C14H18O4. The highest BCUT2D eigenvalue weighted by Gasteiger charge is 2.37. The maximum atomic E-state index is 12.3. The van der Waals surface area contributed by atoms with Gasteiger partial charge in [0.1, 0.15) is 11.2 Å². The lowest BCUT2D eigenvalue weighted by atomic mass is 9.82. The van der Waals surface area contributed by atoms with Crippen LogP contribution >= 0.6 is 0 Å². The molecule has 0 bridgehead atoms. The zero-order valence-electron chi connectivity index (χ0n) is 11.3. The summed E-state index contributed by atoms with van der Waals surface area (Å²) in [7, 11) is 1.56. The van der Waals surface area contributed by atoms with Crippen molar-refractivity contribution in [2.45, 2.75) is 27.7 Å². The average Bonchev–Trinajstić information content (AvgIpc) is 2.31. The van der Waals surface area contributed by atoms with Crippen LogP contribution < -0.4 is 4.74 Å². The summed E-state index contributed by atoms with van der Waals surface area (Å²) in [5.74, 6) is -0.823. The van der Waals surface area contributed by atoms with E-state index in [4.69, 9.17) is 9.84 Å². The molecule has 0 unspecified atom stereocenters. The summed E-state index contributed by atoms with van der Waals surface area (Å²) in [4.78, 5) is 23.4. The molecule has 0 radical (unpaired) electrons. The third-order valence-corrected chi connectivity index (χ3v) is 3.30. The fourth-order valence-corrected chi connectivity index (χ4v) is 1.70. The molecule has 1 N–H and O–H groups in total. The Labute approximate surface area is 107 Å². The third kappa shape index (κ3) is 2.23. The van der Waals surface area contributed by atoms with E-state index in [1.807, 2.05) is 6.92 Å². The van der Waals surface area contributed by atoms with Crippen LogP contribution in [0, 0.1) is 19.3 Å². The van der Waals surface area contributed by atoms with Crippen molar-refractivity contribution < 1.29 is 19.4 Å². The Morgan fingerprint density at radius 1 is 1.17 bits per heavy atom. The molecular weight excluding hydrogens is 232 g/mol. The molecule has 0 atom stereocenters. The van der Waals surface area contributed by atoms with E-state index in [0.717, 1.165) is 11.1 Å². The molecule has 0 fully saturated rings. The molecule has 18 heavy (non-hydrogen) atoms. The van der Waals surface area contributed by atoms with E-state index in [-0.39, 0.29) is 0 Å². The van der Waals surface area contributed by atoms with Crippen LogP contribution in [0.4, 0.5) is 0 Å². The highest BCUT2D eigenvalue weighted by molar-refractivity contribution is 6.12. The Morgan fingerprint density at radius 2 is 1.72 bits per heavy atom. The van der Waals surface area contributed by atoms with Crippen LogP contribution in [0.3, 0.4) is 0 Å². The second-order valence-electron chi connectivity index (χ2n) is 4.82. The Bertz CT molecular complexity index is 501. The van der Waals surface area contributed by atoms with Crippen molar-refractivity contribution in [1.29, 1.82) is 0 Å². The monoisotopic (exact) mass is 250 g/mol. The highest BCUT2D eigenvalue weighted by Crippen LogP contribution is 2.29. The first-order chi connectivity index (χ1) is 8.23. The summed E-state index contributed by atoms with van der Waals surface area (Å²) in [6.45, 7) is 6.47. The number of benzene rings is 1. The van der Waals surface area contributed by atoms with Gasteiger partial charge in [-0.25, -0.2) is 0 Å². The number of aliphatic carboxylic acids is 1. The number of ether oxygens (including phenoxy) is 1. The Morgan fingerprint density at radius 3 is 2.17 bits per heavy atom. The van der Waals surface area contributed by atoms with Gasteiger partial charge in [-0.15, -0.1) is 0 Å². The molecule has 0 aromatic heterocycles. The second kappa shape index (κ2) is 4.80. The first-order valence-corrected chi connectivity index (χ1v) is 5.65. The van der Waals surface area contributed by atoms with Gasteiger partial charge >= 0.3 is 5.97 Å². The molecule has 0 spiro atoms. The van der Waals surface area contributed by atoms with Gasteiger partial charge in [-0.2, -0.15) is 0 Å². The third-order valence-electron chi connectivity index (χ3n) is 3.30. The molecule has 0 heterocycles. The van der Waals surface area contributed by atoms with Gasteiger partial charge in [0.25, 0.3) is 0 Å². The lowest BCUT2D eigenvalue weighted by molar-refractivity contribution is -0.144. The van der Waals surface area contributed by atoms with Crippen LogP contribution in [-0.2, 0) is 4.79 Å². The molecule has 4 nitrogen and oxygen atoms in total. The van der Waals surface area contributed by atoms with Crippen molar-refractivity contribution in [3.8, 4) is 5.75 Å². The predicted molar refractivity (Wildman–Crippen MR) is 68.2 cm³/mol. The summed E-state index contributed by atoms with van der Waals surface area (Å²) in [5, 5.41) is 9.09. The van der Waals surface area contributed by atoms with E-state index in [9.17, 15) is 9.59 Å². The summed E-state index contributed by atoms with van der Waals surface area (Å²) >= 11 is 0. The molecule has 4 heteroatoms. The second-order valence-corrected chi connectivity index (χ2v) is 4.82. The van der Waals surface area contributed by atoms with Crippen molar-refractivity contribution in [3.05, 3.63) is 28.8 Å². The Balaban J connectivity index is 3.32. The van der Waals surface area contributed by atoms with Crippen LogP contribution in [0.2, 0.25) is 0 Å². The predicted octanol–water partition coefficient (Wildman–Crippen LogP) is 2.61. The van der Waals surface area contributed by atoms with Crippen LogP contribution in [0.5, 0.6) is 5.75 Å². The van der Waals surface area contributed by atoms with E-state index in [2.05, 4.69) is 0 Å². The topological polar surface area (TPSA) is 63.6 Å². The van der Waals surface area contributed by atoms with Crippen LogP contribution in [-0.4, -0.2) is 24.0 Å². The maximum Gasteiger partial charge on any atom is 0.316 e. The van der Waals surface area contributed by atoms with E-state index in [0.29, 0.717) is 11.3 Å². The molecule has 0 aliphatic heterocycles. The van der Waals surface area contributed by atoms with Crippen molar-refractivity contribution in [1.82, 2.24) is 0 Å². The fraction of sp³-hybridized carbons (Fsp3) is 0.429. The lowest BCUT2D eigenvalue weighted by Gasteiger charge is -2.20. The molecule has 0 saturated carbocycles. The molecule has 1 rings (SSSR count). The smallest absolute Gasteiger partial charge is 0.316 e. The normalized spacial score (nSPS) is 11.2. The van der Waals surface area contributed by atoms with Gasteiger partial charge in [0, 0.05) is 5.56 Å². The number of hydrogen-bond acceptors (Lipinski definition) is 3. The highest BCUT2D eigenvalue weighted by atomic mass is 16.5. The first kappa shape index (κ1) is 14.2. The number of carbonyl (C=O) groups is 2. The minimum atomic E-state index is -1.42. The summed E-state index contributed by atoms with van der Waals surface area (Å²) in [6.07, 6.45) is 0. The summed E-state index contributed by atoms with van der Waals surface area (Å²) in [6, 6.07) is 3.31. The average molecular weight is 250 g/mol. The summed E-state index contributed by atoms with van der Waals surface area (Å²) < 4.78 is 5.17. The molecule has 0 saturated heterocycles. The molecule has 1 aromatic rings. The standard InChI is InChI=1S/C14H18O4/c1-8-9(2)11(18-5)7-6-10(8)12(15)14(3,4)13(16)17/h6-7H,1-5H3,(H,16,17). The quantitative estimate of drug-likeness (QED) is 0.659. The minimum absolute atomic E-state index is 0.391. The molecule has 98 valence electrons. The van der Waals surface area contributed by atoms with Crippen LogP contribution in [0.25, 0.3) is 0 Å². The first-order valence-electron chi connectivity index (χ1n) is 5.65. The van der Waals surface area contributed by atoms with Gasteiger partial charge in [0.05, 0.1) is 7.11 Å². The van der Waals surface area contributed by atoms with Gasteiger partial charge in [-0.3, -0.25) is 9.59 Å². The Hall–Kier alpha value is -1.84. The van der Waals surface area contributed by atoms with Crippen molar-refractivity contribution in [2.75, 3.05) is 7.11 Å². The number of carboxylic acid groups (broad SMARTS) is 1. The number of Topliss-reactive ketones (excluding diaryl/α,β-unsaturated/α-hetero) is 1. The van der Waals surface area contributed by atoms with Crippen molar-refractivity contribution >= 4 is 11.8 Å². The molecule has 0 aliphatic rings. The summed E-state index contributed by atoms with van der Waals surface area (Å²) in [5.41, 5.74) is 0.616. The van der Waals surface area contributed by atoms with E-state index in [1.165, 1.54) is 13.8 Å². The van der Waals surface area contributed by atoms with Gasteiger partial charge in [-0.05, 0) is 51.0 Å². The molecule has 0 aliphatic carbocycles. The van der Waals surface area contributed by atoms with E-state index < -0.39 is 17.2 Å². The SMILES string of the molecule is COc1ccc(C(=O)C(C)(C)C(=O)O)c(C)c1C. The molecule has 1 aromatic carbocycles. The van der Waals surface area contributed by atoms with Gasteiger partial charge in [0.2, 0.25) is 0 Å². The largest absolute Gasteiger partial charge is 0.496 e. The molecule has 0 amide bonds. The zero-order chi connectivity index (χ0) is 14.1. The Kier molecular flexibility index (Phi) is 3.79. The zero-order valence-corrected chi connectivity index (χ0v) is 11.3. The van der Waals surface area contributed by atoms with Crippen molar-refractivity contribution in [3.63, 3.8) is 0 Å². The number of hydrogen-bond donors (Lipinski definition) is 1. The number of methoxy groups -OCH3 is 1. The number of rotatable bonds is 4. The van der Waals surface area contributed by atoms with Crippen LogP contribution in [0.15, 0.2) is 12.1 Å². The van der Waals surface area contributed by atoms with E-state index >= 15 is 0 Å². The van der Waals surface area contributed by atoms with E-state index in [1.54, 1.807) is 26.2 Å². The fourth-order valence-electron chi connectivity index (χ4n) is 1.70. The minimum Gasteiger partial charge on any atom is -0.496 e. The number of carbonyl (C=O) groups excluding carboxylic acids is 1. The number of carboxylic acids is 1. The van der Waals surface area contributed by atoms with Gasteiger partial charge in [-0.1, -0.05) is 0 Å². The van der Waals surface area contributed by atoms with Crippen molar-refractivity contribution in [2.24, 2.45) is 5.41 Å². The number of ketones is 1. The van der Waals surface area contributed by atoms with Crippen LogP contribution in [0.1, 0.15) is 35.3 Å². The van der Waals surface area contributed by atoms with Gasteiger partial charge in [0.15, 0.2) is 5.78 Å². The lowest BCUT2D eigenvalue weighted by Crippen LogP contribution is -2.33. The van der Waals surface area contributed by atoms with Gasteiger partial charge < -0.3 is 9.84 Å². The maximum absolute atomic E-state index is 12.3.